The van der Waals surface area contributed by atoms with Gasteiger partial charge in [-0.2, -0.15) is 5.10 Å². The highest BCUT2D eigenvalue weighted by Gasteiger charge is 2.07. The molecular weight excluding hydrogens is 375 g/mol. The van der Waals surface area contributed by atoms with Crippen LogP contribution in [0, 0.1) is 0 Å². The van der Waals surface area contributed by atoms with Crippen LogP contribution < -0.4 is 10.2 Å². The number of amides is 1. The van der Waals surface area contributed by atoms with Gasteiger partial charge in [0.25, 0.3) is 5.91 Å². The van der Waals surface area contributed by atoms with E-state index in [0.29, 0.717) is 26.7 Å². The number of aromatic hydroxyl groups is 1. The molecule has 2 N–H and O–H groups in total. The zero-order valence-electron chi connectivity index (χ0n) is 13.4. The Hall–Kier alpha value is -2.76. The molecule has 0 saturated heterocycles. The van der Waals surface area contributed by atoms with Crippen LogP contribution in [0.3, 0.4) is 0 Å². The maximum atomic E-state index is 11.8. The Bertz CT molecular complexity index is 990. The second kappa shape index (κ2) is 8.08. The van der Waals surface area contributed by atoms with Gasteiger partial charge in [-0.1, -0.05) is 53.5 Å². The minimum absolute atomic E-state index is 0.102. The molecule has 0 heterocycles. The second-order valence-electron chi connectivity index (χ2n) is 5.38. The van der Waals surface area contributed by atoms with Gasteiger partial charge < -0.3 is 9.84 Å². The number of hydrazone groups is 1. The summed E-state index contributed by atoms with van der Waals surface area (Å²) in [6.07, 6.45) is 1.37. The van der Waals surface area contributed by atoms with Gasteiger partial charge in [0.15, 0.2) is 6.61 Å². The van der Waals surface area contributed by atoms with Gasteiger partial charge >= 0.3 is 0 Å². The van der Waals surface area contributed by atoms with Crippen LogP contribution in [0.5, 0.6) is 11.5 Å². The normalized spacial score (nSPS) is 11.0. The van der Waals surface area contributed by atoms with Gasteiger partial charge in [0.1, 0.15) is 11.5 Å². The fourth-order valence-corrected chi connectivity index (χ4v) is 2.78. The van der Waals surface area contributed by atoms with Crippen LogP contribution in [0.15, 0.2) is 59.7 Å². The Balaban J connectivity index is 1.60. The van der Waals surface area contributed by atoms with Crippen molar-refractivity contribution in [3.63, 3.8) is 0 Å². The first kappa shape index (κ1) is 18.0. The summed E-state index contributed by atoms with van der Waals surface area (Å²) in [6, 6.07) is 15.7. The van der Waals surface area contributed by atoms with Crippen LogP contribution in [-0.4, -0.2) is 23.8 Å². The molecule has 0 bridgehead atoms. The molecule has 3 rings (SSSR count). The molecule has 0 radical (unpaired) electrons. The van der Waals surface area contributed by atoms with E-state index in [-0.39, 0.29) is 12.4 Å². The van der Waals surface area contributed by atoms with Crippen LogP contribution in [0.4, 0.5) is 0 Å². The molecular formula is C19H14Cl2N2O3. The molecule has 26 heavy (non-hydrogen) atoms. The topological polar surface area (TPSA) is 70.9 Å². The van der Waals surface area contributed by atoms with E-state index in [2.05, 4.69) is 10.5 Å². The Morgan fingerprint density at radius 3 is 2.77 bits per heavy atom. The maximum absolute atomic E-state index is 11.8. The standard InChI is InChI=1S/C19H14Cl2N2O3/c20-14-7-8-17(16(21)9-14)26-11-18(24)23-22-10-13-6-5-12-3-1-2-4-15(12)19(13)25/h1-10,25H,11H2,(H,23,24). The summed E-state index contributed by atoms with van der Waals surface area (Å²) in [5.74, 6) is -0.0137. The number of ether oxygens (including phenoxy) is 1. The maximum Gasteiger partial charge on any atom is 0.277 e. The molecule has 0 aliphatic rings. The zero-order valence-corrected chi connectivity index (χ0v) is 15.0. The molecule has 1 amide bonds. The number of nitrogens with one attached hydrogen (secondary N) is 1. The smallest absolute Gasteiger partial charge is 0.277 e. The SMILES string of the molecule is O=C(COc1ccc(Cl)cc1Cl)NN=Cc1ccc2ccccc2c1O. The summed E-state index contributed by atoms with van der Waals surface area (Å²) < 4.78 is 5.31. The molecule has 0 aliphatic heterocycles. The van der Waals surface area contributed by atoms with E-state index in [1.54, 1.807) is 18.2 Å². The van der Waals surface area contributed by atoms with E-state index >= 15 is 0 Å². The van der Waals surface area contributed by atoms with Crippen LogP contribution in [0.25, 0.3) is 10.8 Å². The van der Waals surface area contributed by atoms with Gasteiger partial charge in [0.05, 0.1) is 11.2 Å². The van der Waals surface area contributed by atoms with Crippen molar-refractivity contribution in [2.75, 3.05) is 6.61 Å². The van der Waals surface area contributed by atoms with Crippen molar-refractivity contribution >= 4 is 46.1 Å². The van der Waals surface area contributed by atoms with Gasteiger partial charge in [0.2, 0.25) is 0 Å². The third kappa shape index (κ3) is 4.25. The molecule has 0 fully saturated rings. The molecule has 0 aromatic heterocycles. The van der Waals surface area contributed by atoms with E-state index in [1.807, 2.05) is 30.3 Å². The van der Waals surface area contributed by atoms with Gasteiger partial charge in [-0.05, 0) is 29.7 Å². The van der Waals surface area contributed by atoms with Crippen LogP contribution in [-0.2, 0) is 4.79 Å². The molecule has 132 valence electrons. The molecule has 7 heteroatoms. The van der Waals surface area contributed by atoms with Crippen molar-refractivity contribution < 1.29 is 14.6 Å². The minimum Gasteiger partial charge on any atom is -0.507 e. The molecule has 0 saturated carbocycles. The van der Waals surface area contributed by atoms with Gasteiger partial charge in [0, 0.05) is 16.0 Å². The highest BCUT2D eigenvalue weighted by atomic mass is 35.5. The number of phenolic OH excluding ortho intramolecular Hbond substituents is 1. The van der Waals surface area contributed by atoms with Crippen LogP contribution in [0.2, 0.25) is 10.0 Å². The summed E-state index contributed by atoms with van der Waals surface area (Å²) >= 11 is 11.8. The lowest BCUT2D eigenvalue weighted by molar-refractivity contribution is -0.123. The van der Waals surface area contributed by atoms with Gasteiger partial charge in [-0.3, -0.25) is 4.79 Å². The summed E-state index contributed by atoms with van der Waals surface area (Å²) in [4.78, 5) is 11.8. The lowest BCUT2D eigenvalue weighted by atomic mass is 10.1. The summed E-state index contributed by atoms with van der Waals surface area (Å²) in [5.41, 5.74) is 2.82. The number of hydrogen-bond acceptors (Lipinski definition) is 4. The molecule has 0 spiro atoms. The quantitative estimate of drug-likeness (QED) is 0.503. The number of hydrogen-bond donors (Lipinski definition) is 2. The monoisotopic (exact) mass is 388 g/mol. The van der Waals surface area contributed by atoms with Crippen molar-refractivity contribution in [2.24, 2.45) is 5.10 Å². The fraction of sp³-hybridized carbons (Fsp3) is 0.0526. The zero-order chi connectivity index (χ0) is 18.5. The lowest BCUT2D eigenvalue weighted by Gasteiger charge is -2.07. The lowest BCUT2D eigenvalue weighted by Crippen LogP contribution is -2.24. The Labute approximate surface area is 159 Å². The minimum atomic E-state index is -0.465. The predicted molar refractivity (Wildman–Crippen MR) is 103 cm³/mol. The highest BCUT2D eigenvalue weighted by Crippen LogP contribution is 2.28. The Kier molecular flexibility index (Phi) is 5.61. The van der Waals surface area contributed by atoms with Crippen molar-refractivity contribution in [1.29, 1.82) is 0 Å². The number of benzene rings is 3. The van der Waals surface area contributed by atoms with Crippen molar-refractivity contribution in [2.45, 2.75) is 0 Å². The van der Waals surface area contributed by atoms with E-state index < -0.39 is 5.91 Å². The second-order valence-corrected chi connectivity index (χ2v) is 6.22. The number of rotatable bonds is 5. The Morgan fingerprint density at radius 1 is 1.15 bits per heavy atom. The van der Waals surface area contributed by atoms with Crippen molar-refractivity contribution in [3.05, 3.63) is 70.2 Å². The van der Waals surface area contributed by atoms with Gasteiger partial charge in [-0.25, -0.2) is 5.43 Å². The number of fused-ring (bicyclic) bond motifs is 1. The van der Waals surface area contributed by atoms with E-state index in [1.165, 1.54) is 12.3 Å². The van der Waals surface area contributed by atoms with Crippen molar-refractivity contribution in [3.8, 4) is 11.5 Å². The summed E-state index contributed by atoms with van der Waals surface area (Å²) in [6.45, 7) is -0.262. The third-order valence-corrected chi connectivity index (χ3v) is 4.11. The average molecular weight is 389 g/mol. The fourth-order valence-electron chi connectivity index (χ4n) is 2.32. The highest BCUT2D eigenvalue weighted by molar-refractivity contribution is 6.35. The van der Waals surface area contributed by atoms with Gasteiger partial charge in [-0.15, -0.1) is 0 Å². The molecule has 5 nitrogen and oxygen atoms in total. The van der Waals surface area contributed by atoms with E-state index in [4.69, 9.17) is 27.9 Å². The third-order valence-electron chi connectivity index (χ3n) is 3.58. The Morgan fingerprint density at radius 2 is 1.96 bits per heavy atom. The van der Waals surface area contributed by atoms with Crippen molar-refractivity contribution in [1.82, 2.24) is 5.43 Å². The summed E-state index contributed by atoms with van der Waals surface area (Å²) in [5, 5.41) is 16.5. The molecule has 3 aromatic carbocycles. The number of halogens is 2. The average Bonchev–Trinajstić information content (AvgIpc) is 2.63. The number of nitrogens with zero attached hydrogens (tertiary/aromatic N) is 1. The summed E-state index contributed by atoms with van der Waals surface area (Å²) in [7, 11) is 0. The molecule has 0 atom stereocenters. The number of carbonyl (C=O) groups excluding carboxylic acids is 1. The number of carbonyl (C=O) groups is 1. The first-order valence-corrected chi connectivity index (χ1v) is 8.40. The largest absolute Gasteiger partial charge is 0.507 e. The first-order valence-electron chi connectivity index (χ1n) is 7.65. The number of phenols is 1. The molecule has 0 unspecified atom stereocenters. The molecule has 0 aliphatic carbocycles. The van der Waals surface area contributed by atoms with E-state index in [9.17, 15) is 9.90 Å². The van der Waals surface area contributed by atoms with Crippen LogP contribution in [0.1, 0.15) is 5.56 Å². The molecule has 3 aromatic rings. The first-order chi connectivity index (χ1) is 12.5. The predicted octanol–water partition coefficient (Wildman–Crippen LogP) is 4.38. The van der Waals surface area contributed by atoms with Crippen LogP contribution >= 0.6 is 23.2 Å². The van der Waals surface area contributed by atoms with E-state index in [0.717, 1.165) is 5.39 Å².